The standard InChI is InChI=1S/C20H27FNP/c1-4-6-8-19(7-5-2)22-20-10-9-16(11-15(20)3)17-12-18(21)14-23-13-17/h9-12,14,23H,4-8,13H2,1-3H3. The molecule has 1 aliphatic rings. The Labute approximate surface area is 141 Å². The van der Waals surface area contributed by atoms with E-state index < -0.39 is 0 Å². The number of rotatable bonds is 7. The number of unbranched alkanes of at least 4 members (excludes halogenated alkanes) is 1. The molecule has 0 bridgehead atoms. The Balaban J connectivity index is 2.23. The van der Waals surface area contributed by atoms with Gasteiger partial charge in [0, 0.05) is 5.71 Å². The second-order valence-corrected chi connectivity index (χ2v) is 7.16. The van der Waals surface area contributed by atoms with Gasteiger partial charge in [0.2, 0.25) is 0 Å². The molecule has 23 heavy (non-hydrogen) atoms. The van der Waals surface area contributed by atoms with Crippen LogP contribution in [-0.2, 0) is 0 Å². The van der Waals surface area contributed by atoms with Crippen LogP contribution in [0.15, 0.2) is 40.9 Å². The summed E-state index contributed by atoms with van der Waals surface area (Å²) < 4.78 is 13.4. The predicted octanol–water partition coefficient (Wildman–Crippen LogP) is 6.94. The van der Waals surface area contributed by atoms with Crippen molar-refractivity contribution in [3.63, 3.8) is 0 Å². The van der Waals surface area contributed by atoms with E-state index in [4.69, 9.17) is 4.99 Å². The van der Waals surface area contributed by atoms with Crippen molar-refractivity contribution < 1.29 is 4.39 Å². The fourth-order valence-corrected chi connectivity index (χ4v) is 3.67. The fraction of sp³-hybridized carbons (Fsp3) is 0.450. The molecule has 0 saturated heterocycles. The third-order valence-corrected chi connectivity index (χ3v) is 5.11. The molecule has 2 rings (SSSR count). The zero-order chi connectivity index (χ0) is 16.7. The summed E-state index contributed by atoms with van der Waals surface area (Å²) >= 11 is 0. The molecule has 1 aliphatic heterocycles. The lowest BCUT2D eigenvalue weighted by molar-refractivity contribution is 0.669. The number of hydrogen-bond acceptors (Lipinski definition) is 1. The van der Waals surface area contributed by atoms with Gasteiger partial charge in [-0.05, 0) is 73.1 Å². The molecule has 0 aliphatic carbocycles. The molecule has 0 radical (unpaired) electrons. The minimum absolute atomic E-state index is 0.103. The number of halogens is 1. The van der Waals surface area contributed by atoms with Crippen LogP contribution in [0.5, 0.6) is 0 Å². The highest BCUT2D eigenvalue weighted by atomic mass is 31.1. The van der Waals surface area contributed by atoms with Gasteiger partial charge in [-0.1, -0.05) is 41.3 Å². The third-order valence-electron chi connectivity index (χ3n) is 4.05. The Bertz CT molecular complexity index is 629. The van der Waals surface area contributed by atoms with Gasteiger partial charge in [0.25, 0.3) is 0 Å². The van der Waals surface area contributed by atoms with Crippen LogP contribution in [-0.4, -0.2) is 11.9 Å². The lowest BCUT2D eigenvalue weighted by Crippen LogP contribution is -1.98. The van der Waals surface area contributed by atoms with Gasteiger partial charge in [-0.15, -0.1) is 0 Å². The molecular formula is C20H27FNP. The van der Waals surface area contributed by atoms with Crippen LogP contribution in [0.3, 0.4) is 0 Å². The van der Waals surface area contributed by atoms with E-state index in [1.54, 1.807) is 11.9 Å². The van der Waals surface area contributed by atoms with Crippen molar-refractivity contribution in [1.82, 2.24) is 0 Å². The first-order valence-corrected chi connectivity index (χ1v) is 9.89. The van der Waals surface area contributed by atoms with Gasteiger partial charge in [-0.25, -0.2) is 4.39 Å². The topological polar surface area (TPSA) is 12.4 Å². The lowest BCUT2D eigenvalue weighted by Gasteiger charge is -2.13. The summed E-state index contributed by atoms with van der Waals surface area (Å²) in [5.41, 5.74) is 5.76. The largest absolute Gasteiger partial charge is 0.258 e. The molecule has 1 aromatic rings. The number of hydrogen-bond donors (Lipinski definition) is 0. The zero-order valence-electron chi connectivity index (χ0n) is 14.5. The molecule has 0 saturated carbocycles. The van der Waals surface area contributed by atoms with E-state index in [0.29, 0.717) is 8.58 Å². The van der Waals surface area contributed by atoms with Crippen molar-refractivity contribution in [1.29, 1.82) is 0 Å². The second kappa shape index (κ2) is 9.13. The molecule has 124 valence electrons. The molecule has 0 amide bonds. The fourth-order valence-electron chi connectivity index (χ4n) is 2.76. The molecule has 0 N–H and O–H groups in total. The highest BCUT2D eigenvalue weighted by Gasteiger charge is 2.09. The van der Waals surface area contributed by atoms with Crippen molar-refractivity contribution in [2.75, 3.05) is 6.16 Å². The maximum Gasteiger partial charge on any atom is 0.123 e. The summed E-state index contributed by atoms with van der Waals surface area (Å²) in [6.45, 7) is 6.52. The summed E-state index contributed by atoms with van der Waals surface area (Å²) in [5.74, 6) is 1.58. The second-order valence-electron chi connectivity index (χ2n) is 6.11. The maximum absolute atomic E-state index is 13.4. The molecule has 0 spiro atoms. The smallest absolute Gasteiger partial charge is 0.123 e. The molecular weight excluding hydrogens is 304 g/mol. The van der Waals surface area contributed by atoms with Crippen molar-refractivity contribution in [2.45, 2.75) is 52.9 Å². The Morgan fingerprint density at radius 3 is 2.70 bits per heavy atom. The molecule has 3 heteroatoms. The van der Waals surface area contributed by atoms with E-state index in [9.17, 15) is 4.39 Å². The monoisotopic (exact) mass is 331 g/mol. The molecule has 1 unspecified atom stereocenters. The maximum atomic E-state index is 13.4. The summed E-state index contributed by atoms with van der Waals surface area (Å²) in [6, 6.07) is 6.33. The minimum Gasteiger partial charge on any atom is -0.258 e. The summed E-state index contributed by atoms with van der Waals surface area (Å²) in [4.78, 5) is 4.90. The molecule has 0 fully saturated rings. The average Bonchev–Trinajstić information content (AvgIpc) is 2.54. The zero-order valence-corrected chi connectivity index (χ0v) is 15.5. The van der Waals surface area contributed by atoms with Crippen molar-refractivity contribution >= 4 is 25.6 Å². The first-order valence-electron chi connectivity index (χ1n) is 8.61. The van der Waals surface area contributed by atoms with Crippen LogP contribution in [0.25, 0.3) is 5.57 Å². The van der Waals surface area contributed by atoms with Gasteiger partial charge in [-0.3, -0.25) is 4.99 Å². The predicted molar refractivity (Wildman–Crippen MR) is 103 cm³/mol. The molecule has 1 aromatic carbocycles. The van der Waals surface area contributed by atoms with Crippen molar-refractivity contribution in [3.8, 4) is 0 Å². The van der Waals surface area contributed by atoms with E-state index in [1.807, 2.05) is 0 Å². The number of nitrogens with zero attached hydrogens (tertiary/aromatic N) is 1. The van der Waals surface area contributed by atoms with Crippen LogP contribution >= 0.6 is 8.58 Å². The van der Waals surface area contributed by atoms with Gasteiger partial charge in [0.1, 0.15) is 5.83 Å². The number of allylic oxidation sites excluding steroid dienone is 3. The first-order chi connectivity index (χ1) is 11.1. The summed E-state index contributed by atoms with van der Waals surface area (Å²) in [5, 5.41) is 0. The van der Waals surface area contributed by atoms with Crippen LogP contribution in [0, 0.1) is 6.92 Å². The van der Waals surface area contributed by atoms with E-state index >= 15 is 0 Å². The Hall–Kier alpha value is -1.27. The highest BCUT2D eigenvalue weighted by molar-refractivity contribution is 7.42. The summed E-state index contributed by atoms with van der Waals surface area (Å²) in [6.07, 6.45) is 8.31. The average molecular weight is 331 g/mol. The Kier molecular flexibility index (Phi) is 7.17. The number of aliphatic imine (C=N–C) groups is 1. The molecule has 1 nitrogen and oxygen atoms in total. The van der Waals surface area contributed by atoms with Crippen LogP contribution in [0.1, 0.15) is 57.1 Å². The Morgan fingerprint density at radius 2 is 2.04 bits per heavy atom. The molecule has 0 aromatic heterocycles. The van der Waals surface area contributed by atoms with Crippen molar-refractivity contribution in [2.24, 2.45) is 4.99 Å². The Morgan fingerprint density at radius 1 is 1.22 bits per heavy atom. The van der Waals surface area contributed by atoms with Crippen LogP contribution in [0.4, 0.5) is 10.1 Å². The van der Waals surface area contributed by atoms with Crippen LogP contribution in [0.2, 0.25) is 0 Å². The molecule has 1 heterocycles. The number of benzene rings is 1. The van der Waals surface area contributed by atoms with Gasteiger partial charge in [0.15, 0.2) is 0 Å². The minimum atomic E-state index is -0.103. The third kappa shape index (κ3) is 5.39. The first kappa shape index (κ1) is 18.1. The van der Waals surface area contributed by atoms with Gasteiger partial charge >= 0.3 is 0 Å². The van der Waals surface area contributed by atoms with E-state index in [1.165, 1.54) is 24.1 Å². The van der Waals surface area contributed by atoms with Crippen molar-refractivity contribution in [3.05, 3.63) is 47.0 Å². The highest BCUT2D eigenvalue weighted by Crippen LogP contribution is 2.34. The summed E-state index contributed by atoms with van der Waals surface area (Å²) in [7, 11) is 0.545. The quantitative estimate of drug-likeness (QED) is 0.379. The molecule has 1 atom stereocenters. The lowest BCUT2D eigenvalue weighted by atomic mass is 10.0. The number of aryl methyl sites for hydroxylation is 1. The van der Waals surface area contributed by atoms with E-state index in [2.05, 4.69) is 39.0 Å². The van der Waals surface area contributed by atoms with Gasteiger partial charge in [-0.2, -0.15) is 0 Å². The van der Waals surface area contributed by atoms with E-state index in [-0.39, 0.29) is 5.83 Å². The van der Waals surface area contributed by atoms with Gasteiger partial charge in [0.05, 0.1) is 5.69 Å². The van der Waals surface area contributed by atoms with Crippen LogP contribution < -0.4 is 0 Å². The van der Waals surface area contributed by atoms with Gasteiger partial charge < -0.3 is 0 Å². The SMILES string of the molecule is CCCCC(CCC)=Nc1ccc(C2=CC(F)=CPC2)cc1C. The van der Waals surface area contributed by atoms with E-state index in [0.717, 1.165) is 42.2 Å². The normalized spacial score (nSPS) is 16.4.